The van der Waals surface area contributed by atoms with E-state index >= 15 is 0 Å². The predicted octanol–water partition coefficient (Wildman–Crippen LogP) is 8.38. The number of hydrogen-bond donors (Lipinski definition) is 0. The fourth-order valence-corrected chi connectivity index (χ4v) is 3.29. The molecule has 0 heterocycles. The maximum Gasteiger partial charge on any atom is 0.417 e. The molecule has 0 fully saturated rings. The summed E-state index contributed by atoms with van der Waals surface area (Å²) in [6.07, 6.45) is -37.6. The first-order chi connectivity index (χ1) is 18.0. The van der Waals surface area contributed by atoms with Crippen LogP contribution in [0.15, 0.2) is 30.3 Å². The predicted molar refractivity (Wildman–Crippen MR) is 95.2 cm³/mol. The Balaban J connectivity index is 2.96. The Labute approximate surface area is 213 Å². The number of carbonyl (C=O) groups excluding carboxylic acids is 1. The third-order valence-corrected chi connectivity index (χ3v) is 4.94. The van der Waals surface area contributed by atoms with Gasteiger partial charge in [0.1, 0.15) is 0 Å². The quantitative estimate of drug-likeness (QED) is 0.148. The Morgan fingerprint density at radius 1 is 0.439 bits per heavy atom. The largest absolute Gasteiger partial charge is 0.872 e. The number of allylic oxidation sites excluding steroid dienone is 1. The second kappa shape index (κ2) is 10.0. The van der Waals surface area contributed by atoms with Gasteiger partial charge in [-0.05, 0) is 35.9 Å². The van der Waals surface area contributed by atoms with Gasteiger partial charge in [-0.15, -0.1) is 0 Å². The van der Waals surface area contributed by atoms with E-state index < -0.39 is 123 Å². The van der Waals surface area contributed by atoms with E-state index in [-0.39, 0.29) is 0 Å². The van der Waals surface area contributed by atoms with Crippen LogP contribution in [0.2, 0.25) is 0 Å². The summed E-state index contributed by atoms with van der Waals surface area (Å²) in [6, 6.07) is -4.49. The van der Waals surface area contributed by atoms with E-state index in [2.05, 4.69) is 0 Å². The van der Waals surface area contributed by atoms with Crippen LogP contribution in [0.4, 0.5) is 79.0 Å². The van der Waals surface area contributed by atoms with Crippen LogP contribution < -0.4 is 5.11 Å². The van der Waals surface area contributed by atoms with E-state index in [4.69, 9.17) is 0 Å². The van der Waals surface area contributed by atoms with Gasteiger partial charge in [-0.25, -0.2) is 0 Å². The van der Waals surface area contributed by atoms with Gasteiger partial charge in [0.25, 0.3) is 0 Å². The molecule has 0 atom stereocenters. The Kier molecular flexibility index (Phi) is 8.22. The summed E-state index contributed by atoms with van der Waals surface area (Å²) in [6.45, 7) is 0. The molecule has 0 saturated heterocycles. The molecule has 0 aliphatic rings. The smallest absolute Gasteiger partial charge is 0.417 e. The summed E-state index contributed by atoms with van der Waals surface area (Å²) in [5.41, 5.74) is -22.2. The Morgan fingerprint density at radius 2 is 0.683 bits per heavy atom. The van der Waals surface area contributed by atoms with Gasteiger partial charge in [-0.2, -0.15) is 79.0 Å². The molecular weight excluding hydrogens is 626 g/mol. The van der Waals surface area contributed by atoms with Crippen molar-refractivity contribution in [3.05, 3.63) is 74.8 Å². The molecule has 0 N–H and O–H groups in total. The molecule has 0 spiro atoms. The van der Waals surface area contributed by atoms with Gasteiger partial charge < -0.3 is 5.11 Å². The summed E-state index contributed by atoms with van der Waals surface area (Å²) in [5, 5.41) is 12.3. The highest BCUT2D eigenvalue weighted by molar-refractivity contribution is 6.09. The molecule has 0 aliphatic carbocycles. The first-order valence-corrected chi connectivity index (χ1v) is 9.70. The van der Waals surface area contributed by atoms with Crippen LogP contribution in [-0.2, 0) is 37.1 Å². The summed E-state index contributed by atoms with van der Waals surface area (Å²) in [5.74, 6) is -5.36. The summed E-state index contributed by atoms with van der Waals surface area (Å²) >= 11 is 0. The molecule has 2 rings (SSSR count). The normalized spacial score (nSPS) is 14.4. The number of rotatable bonds is 3. The third-order valence-electron chi connectivity index (χ3n) is 4.94. The average Bonchev–Trinajstić information content (AvgIpc) is 2.73. The zero-order valence-corrected chi connectivity index (χ0v) is 18.5. The highest BCUT2D eigenvalue weighted by Crippen LogP contribution is 2.47. The molecule has 0 aliphatic heterocycles. The van der Waals surface area contributed by atoms with Crippen LogP contribution in [0, 0.1) is 0 Å². The van der Waals surface area contributed by atoms with Crippen LogP contribution in [0.25, 0.3) is 5.76 Å². The number of ketones is 1. The zero-order valence-electron chi connectivity index (χ0n) is 18.5. The van der Waals surface area contributed by atoms with Crippen molar-refractivity contribution in [2.75, 3.05) is 0 Å². The van der Waals surface area contributed by atoms with Crippen molar-refractivity contribution in [3.63, 3.8) is 0 Å². The van der Waals surface area contributed by atoms with Crippen molar-refractivity contribution in [1.29, 1.82) is 0 Å². The molecule has 228 valence electrons. The molecular formula is C21H5F18O2-. The highest BCUT2D eigenvalue weighted by Gasteiger charge is 2.48. The number of hydrogen-bond acceptors (Lipinski definition) is 2. The topological polar surface area (TPSA) is 40.1 Å². The minimum Gasteiger partial charge on any atom is -0.872 e. The minimum absolute atomic E-state index is 0.948. The second-order valence-electron chi connectivity index (χ2n) is 7.75. The van der Waals surface area contributed by atoms with E-state index in [1.165, 1.54) is 0 Å². The molecule has 0 aromatic heterocycles. The Hall–Kier alpha value is -3.61. The molecule has 20 heteroatoms. The van der Waals surface area contributed by atoms with Crippen LogP contribution in [-0.4, -0.2) is 5.78 Å². The van der Waals surface area contributed by atoms with E-state index in [1.54, 1.807) is 0 Å². The fraction of sp³-hybridized carbons (Fsp3) is 0.286. The van der Waals surface area contributed by atoms with Crippen molar-refractivity contribution >= 4 is 11.5 Å². The van der Waals surface area contributed by atoms with Crippen LogP contribution in [0.3, 0.4) is 0 Å². The lowest BCUT2D eigenvalue weighted by Crippen LogP contribution is -2.23. The lowest BCUT2D eigenvalue weighted by Gasteiger charge is -2.24. The fourth-order valence-electron chi connectivity index (χ4n) is 3.29. The van der Waals surface area contributed by atoms with Crippen molar-refractivity contribution in [2.24, 2.45) is 0 Å². The Morgan fingerprint density at radius 3 is 0.976 bits per heavy atom. The zero-order chi connectivity index (χ0) is 32.3. The van der Waals surface area contributed by atoms with Crippen LogP contribution in [0.1, 0.15) is 49.3 Å². The first-order valence-electron chi connectivity index (χ1n) is 9.70. The highest BCUT2D eigenvalue weighted by atomic mass is 19.4. The van der Waals surface area contributed by atoms with Crippen molar-refractivity contribution in [1.82, 2.24) is 0 Å². The maximum absolute atomic E-state index is 13.3. The molecule has 2 nitrogen and oxygen atoms in total. The molecule has 0 saturated carbocycles. The number of alkyl halides is 18. The van der Waals surface area contributed by atoms with E-state index in [0.29, 0.717) is 0 Å². The van der Waals surface area contributed by atoms with E-state index in [0.717, 1.165) is 0 Å². The Bertz CT molecular complexity index is 1360. The lowest BCUT2D eigenvalue weighted by atomic mass is 9.92. The van der Waals surface area contributed by atoms with Gasteiger partial charge in [0.15, 0.2) is 5.78 Å². The SMILES string of the molecule is O=C(/C=C(\[O-])c1cc(C(F)(F)F)c(C(F)(F)F)cc1C(F)(F)F)c1cc(C(F)(F)F)c(C(F)(F)F)cc1C(F)(F)F. The van der Waals surface area contributed by atoms with Crippen LogP contribution in [0.5, 0.6) is 0 Å². The average molecular weight is 631 g/mol. The molecule has 0 amide bonds. The monoisotopic (exact) mass is 631 g/mol. The van der Waals surface area contributed by atoms with Gasteiger partial charge in [-0.1, -0.05) is 5.76 Å². The van der Waals surface area contributed by atoms with Crippen molar-refractivity contribution < 1.29 is 88.9 Å². The second-order valence-corrected chi connectivity index (χ2v) is 7.75. The summed E-state index contributed by atoms with van der Waals surface area (Å²) < 4.78 is 237. The summed E-state index contributed by atoms with van der Waals surface area (Å²) in [4.78, 5) is 12.3. The summed E-state index contributed by atoms with van der Waals surface area (Å²) in [7, 11) is 0. The minimum atomic E-state index is -6.12. The molecule has 41 heavy (non-hydrogen) atoms. The molecule has 2 aromatic carbocycles. The van der Waals surface area contributed by atoms with E-state index in [1.807, 2.05) is 0 Å². The number of carbonyl (C=O) groups is 1. The standard InChI is InChI=1S/C21H6F18O2/c22-16(23,24)8-3-12(20(34,35)36)10(18(28,29)30)1-6(8)14(40)5-15(41)7-2-11(19(31,32)33)13(21(37,38)39)4-9(7)17(25,26)27/h1-5,40H/p-1/b14-5-. The lowest BCUT2D eigenvalue weighted by molar-refractivity contribution is -0.244. The molecule has 0 unspecified atom stereocenters. The van der Waals surface area contributed by atoms with E-state index in [9.17, 15) is 88.9 Å². The third kappa shape index (κ3) is 7.38. The number of halogens is 18. The molecule has 0 bridgehead atoms. The van der Waals surface area contributed by atoms with Crippen LogP contribution >= 0.6 is 0 Å². The molecule has 2 aromatic rings. The first kappa shape index (κ1) is 33.6. The van der Waals surface area contributed by atoms with Crippen molar-refractivity contribution in [3.8, 4) is 0 Å². The number of benzene rings is 2. The van der Waals surface area contributed by atoms with Gasteiger partial charge >= 0.3 is 37.1 Å². The molecule has 0 radical (unpaired) electrons. The van der Waals surface area contributed by atoms with Gasteiger partial charge in [0.2, 0.25) is 0 Å². The maximum atomic E-state index is 13.3. The van der Waals surface area contributed by atoms with Gasteiger partial charge in [0, 0.05) is 5.56 Å². The van der Waals surface area contributed by atoms with Gasteiger partial charge in [-0.3, -0.25) is 4.79 Å². The van der Waals surface area contributed by atoms with Crippen molar-refractivity contribution in [2.45, 2.75) is 37.1 Å². The van der Waals surface area contributed by atoms with Gasteiger partial charge in [0.05, 0.1) is 33.4 Å².